The average Bonchev–Trinajstić information content (AvgIpc) is 1.87. The third-order valence-electron chi connectivity index (χ3n) is 1.06. The maximum absolute atomic E-state index is 10.8. The van der Waals surface area contributed by atoms with Gasteiger partial charge in [-0.2, -0.15) is 0 Å². The normalized spacial score (nSPS) is 11.0. The molecule has 0 heterocycles. The van der Waals surface area contributed by atoms with Crippen LogP contribution in [0, 0.1) is 0 Å². The summed E-state index contributed by atoms with van der Waals surface area (Å²) in [6.45, 7) is 3.63. The highest BCUT2D eigenvalue weighted by Gasteiger charge is 2.01. The Hall–Kier alpha value is -1.03. The first kappa shape index (κ1) is 8.97. The van der Waals surface area contributed by atoms with E-state index in [-0.39, 0.29) is 6.03 Å². The maximum Gasteiger partial charge on any atom is 0.335 e. The number of carbonyl (C=O) groups is 1. The molecular formula is C6H13N3O. The summed E-state index contributed by atoms with van der Waals surface area (Å²) in [6, 6.07) is -0.310. The molecule has 0 saturated carbocycles. The van der Waals surface area contributed by atoms with E-state index in [2.05, 4.69) is 5.32 Å². The van der Waals surface area contributed by atoms with Gasteiger partial charge in [0, 0.05) is 12.7 Å². The molecule has 0 unspecified atom stereocenters. The smallest absolute Gasteiger partial charge is 0.311 e. The Bertz CT molecular complexity index is 151. The predicted octanol–water partition coefficient (Wildman–Crippen LogP) is 0.425. The zero-order valence-electron chi connectivity index (χ0n) is 6.51. The Balaban J connectivity index is 3.81. The highest BCUT2D eigenvalue weighted by atomic mass is 16.2. The fourth-order valence-electron chi connectivity index (χ4n) is 0.329. The minimum Gasteiger partial charge on any atom is -0.311 e. The lowest BCUT2D eigenvalue weighted by Gasteiger charge is -2.10. The molecule has 0 fully saturated rings. The van der Waals surface area contributed by atoms with Crippen LogP contribution >= 0.6 is 0 Å². The van der Waals surface area contributed by atoms with Gasteiger partial charge in [-0.3, -0.25) is 5.01 Å². The highest BCUT2D eigenvalue weighted by molar-refractivity contribution is 5.74. The van der Waals surface area contributed by atoms with Gasteiger partial charge < -0.3 is 5.32 Å². The average molecular weight is 143 g/mol. The number of carbonyl (C=O) groups excluding carboxylic acids is 1. The lowest BCUT2D eigenvalue weighted by Crippen LogP contribution is -2.40. The van der Waals surface area contributed by atoms with Crippen molar-refractivity contribution < 1.29 is 4.79 Å². The van der Waals surface area contributed by atoms with Gasteiger partial charge in [0.2, 0.25) is 0 Å². The lowest BCUT2D eigenvalue weighted by atomic mass is 10.5. The zero-order chi connectivity index (χ0) is 8.15. The second-order valence-electron chi connectivity index (χ2n) is 2.01. The maximum atomic E-state index is 10.8. The summed E-state index contributed by atoms with van der Waals surface area (Å²) in [4.78, 5) is 10.8. The molecule has 0 bridgehead atoms. The Morgan fingerprint density at radius 3 is 2.50 bits per heavy atom. The van der Waals surface area contributed by atoms with Gasteiger partial charge in [-0.25, -0.2) is 10.6 Å². The fraction of sp³-hybridized carbons (Fsp3) is 0.500. The summed E-state index contributed by atoms with van der Waals surface area (Å²) in [5, 5.41) is 3.55. The Morgan fingerprint density at radius 2 is 2.20 bits per heavy atom. The van der Waals surface area contributed by atoms with Crippen molar-refractivity contribution in [3.63, 3.8) is 0 Å². The molecule has 0 aromatic heterocycles. The van der Waals surface area contributed by atoms with Crippen LogP contribution in [0.3, 0.4) is 0 Å². The zero-order valence-corrected chi connectivity index (χ0v) is 6.51. The highest BCUT2D eigenvalue weighted by Crippen LogP contribution is 1.85. The molecular weight excluding hydrogens is 130 g/mol. The molecule has 4 heteroatoms. The number of hydrogen-bond acceptors (Lipinski definition) is 2. The van der Waals surface area contributed by atoms with E-state index in [4.69, 9.17) is 5.84 Å². The summed E-state index contributed by atoms with van der Waals surface area (Å²) in [6.07, 6.45) is 1.79. The summed E-state index contributed by atoms with van der Waals surface area (Å²) in [7, 11) is 1.48. The summed E-state index contributed by atoms with van der Waals surface area (Å²) >= 11 is 0. The second-order valence-corrected chi connectivity index (χ2v) is 2.01. The molecule has 3 N–H and O–H groups in total. The number of amides is 2. The molecule has 10 heavy (non-hydrogen) atoms. The van der Waals surface area contributed by atoms with Gasteiger partial charge in [0.05, 0.1) is 0 Å². The lowest BCUT2D eigenvalue weighted by molar-refractivity contribution is 0.212. The Kier molecular flexibility index (Phi) is 3.49. The van der Waals surface area contributed by atoms with Crippen LogP contribution in [-0.2, 0) is 0 Å². The van der Waals surface area contributed by atoms with Crippen LogP contribution in [0.2, 0.25) is 0 Å². The van der Waals surface area contributed by atoms with E-state index < -0.39 is 0 Å². The molecule has 0 spiro atoms. The van der Waals surface area contributed by atoms with E-state index in [1.807, 2.05) is 6.92 Å². The van der Waals surface area contributed by atoms with Gasteiger partial charge in [-0.1, -0.05) is 6.08 Å². The van der Waals surface area contributed by atoms with E-state index in [9.17, 15) is 4.79 Å². The van der Waals surface area contributed by atoms with Crippen LogP contribution in [0.5, 0.6) is 0 Å². The SMILES string of the molecule is CC=C(C)NC(=O)N(C)N. The molecule has 0 aliphatic heterocycles. The quantitative estimate of drug-likeness (QED) is 0.317. The molecule has 0 saturated heterocycles. The number of rotatable bonds is 1. The van der Waals surface area contributed by atoms with Crippen molar-refractivity contribution in [2.45, 2.75) is 13.8 Å². The molecule has 4 nitrogen and oxygen atoms in total. The molecule has 2 amide bonds. The third-order valence-corrected chi connectivity index (χ3v) is 1.06. The number of nitrogens with one attached hydrogen (secondary N) is 1. The molecule has 0 aromatic carbocycles. The topological polar surface area (TPSA) is 58.4 Å². The molecule has 0 aliphatic carbocycles. The van der Waals surface area contributed by atoms with Crippen molar-refractivity contribution in [2.24, 2.45) is 5.84 Å². The number of allylic oxidation sites excluding steroid dienone is 2. The van der Waals surface area contributed by atoms with Crippen molar-refractivity contribution in [1.82, 2.24) is 10.3 Å². The molecule has 0 radical (unpaired) electrons. The molecule has 0 aromatic rings. The third kappa shape index (κ3) is 3.09. The monoisotopic (exact) mass is 143 g/mol. The van der Waals surface area contributed by atoms with Gasteiger partial charge in [-0.05, 0) is 13.8 Å². The Labute approximate surface area is 60.7 Å². The Morgan fingerprint density at radius 1 is 1.70 bits per heavy atom. The summed E-state index contributed by atoms with van der Waals surface area (Å²) in [5.74, 6) is 5.13. The first-order chi connectivity index (χ1) is 4.57. The number of nitrogens with two attached hydrogens (primary N) is 1. The van der Waals surface area contributed by atoms with Crippen LogP contribution in [0.1, 0.15) is 13.8 Å². The largest absolute Gasteiger partial charge is 0.335 e. The first-order valence-electron chi connectivity index (χ1n) is 3.00. The van der Waals surface area contributed by atoms with Crippen molar-refractivity contribution in [2.75, 3.05) is 7.05 Å². The van der Waals surface area contributed by atoms with Gasteiger partial charge >= 0.3 is 6.03 Å². The standard InChI is InChI=1S/C6H13N3O/c1-4-5(2)8-6(10)9(3)7/h4H,7H2,1-3H3,(H,8,10). The van der Waals surface area contributed by atoms with Crippen LogP contribution in [0.25, 0.3) is 0 Å². The molecule has 0 atom stereocenters. The van der Waals surface area contributed by atoms with E-state index in [1.54, 1.807) is 13.0 Å². The summed E-state index contributed by atoms with van der Waals surface area (Å²) < 4.78 is 0. The summed E-state index contributed by atoms with van der Waals surface area (Å²) in [5.41, 5.74) is 0.794. The fourth-order valence-corrected chi connectivity index (χ4v) is 0.329. The molecule has 0 aliphatic rings. The van der Waals surface area contributed by atoms with Crippen LogP contribution in [0.4, 0.5) is 4.79 Å². The van der Waals surface area contributed by atoms with Gasteiger partial charge in [0.25, 0.3) is 0 Å². The van der Waals surface area contributed by atoms with E-state index in [1.165, 1.54) is 7.05 Å². The van der Waals surface area contributed by atoms with Crippen molar-refractivity contribution >= 4 is 6.03 Å². The number of hydrazine groups is 1. The van der Waals surface area contributed by atoms with Gasteiger partial charge in [0.15, 0.2) is 0 Å². The van der Waals surface area contributed by atoms with Crippen LogP contribution in [-0.4, -0.2) is 18.1 Å². The van der Waals surface area contributed by atoms with Crippen LogP contribution in [0.15, 0.2) is 11.8 Å². The number of nitrogens with zero attached hydrogens (tertiary/aromatic N) is 1. The number of hydrogen-bond donors (Lipinski definition) is 2. The minimum atomic E-state index is -0.310. The predicted molar refractivity (Wildman–Crippen MR) is 39.9 cm³/mol. The van der Waals surface area contributed by atoms with Crippen molar-refractivity contribution in [3.05, 3.63) is 11.8 Å². The van der Waals surface area contributed by atoms with E-state index in [0.29, 0.717) is 0 Å². The van der Waals surface area contributed by atoms with Crippen molar-refractivity contribution in [1.29, 1.82) is 0 Å². The van der Waals surface area contributed by atoms with E-state index in [0.717, 1.165) is 10.7 Å². The van der Waals surface area contributed by atoms with Crippen LogP contribution < -0.4 is 11.2 Å². The number of urea groups is 1. The minimum absolute atomic E-state index is 0.310. The second kappa shape index (κ2) is 3.90. The first-order valence-corrected chi connectivity index (χ1v) is 3.00. The van der Waals surface area contributed by atoms with Gasteiger partial charge in [-0.15, -0.1) is 0 Å². The molecule has 58 valence electrons. The van der Waals surface area contributed by atoms with E-state index >= 15 is 0 Å². The van der Waals surface area contributed by atoms with Crippen molar-refractivity contribution in [3.8, 4) is 0 Å². The van der Waals surface area contributed by atoms with Gasteiger partial charge in [0.1, 0.15) is 0 Å². The molecule has 0 rings (SSSR count).